The molecule has 5 heteroatoms. The maximum atomic E-state index is 13.5. The van der Waals surface area contributed by atoms with Crippen LogP contribution in [0.1, 0.15) is 0 Å². The molecule has 0 unspecified atom stereocenters. The van der Waals surface area contributed by atoms with Crippen LogP contribution in [0.5, 0.6) is 0 Å². The van der Waals surface area contributed by atoms with Crippen LogP contribution in [0.4, 0.5) is 4.39 Å². The second-order valence-corrected chi connectivity index (χ2v) is 4.07. The first kappa shape index (κ1) is 10.2. The highest BCUT2D eigenvalue weighted by Gasteiger charge is 2.08. The monoisotopic (exact) mass is 270 g/mol. The third kappa shape index (κ3) is 1.74. The largest absolute Gasteiger partial charge is 0.332 e. The van der Waals surface area contributed by atoms with Gasteiger partial charge in [0, 0.05) is 23.9 Å². The summed E-state index contributed by atoms with van der Waals surface area (Å²) < 4.78 is 16.8. The van der Waals surface area contributed by atoms with Crippen molar-refractivity contribution in [3.8, 4) is 5.69 Å². The van der Waals surface area contributed by atoms with Crippen LogP contribution in [0, 0.1) is 5.82 Å². The molecule has 0 aliphatic carbocycles. The highest BCUT2D eigenvalue weighted by atomic mass is 79.9. The van der Waals surface area contributed by atoms with E-state index in [9.17, 15) is 9.18 Å². The molecule has 78 valence electrons. The van der Waals surface area contributed by atoms with Gasteiger partial charge >= 0.3 is 5.69 Å². The lowest BCUT2D eigenvalue weighted by atomic mass is 10.3. The fraction of sp³-hybridized carbons (Fsp3) is 0.100. The van der Waals surface area contributed by atoms with E-state index in [4.69, 9.17) is 0 Å². The Morgan fingerprint density at radius 2 is 2.07 bits per heavy atom. The van der Waals surface area contributed by atoms with Crippen molar-refractivity contribution in [2.75, 3.05) is 0 Å². The number of imidazole rings is 1. The molecule has 0 saturated heterocycles. The van der Waals surface area contributed by atoms with Crippen LogP contribution < -0.4 is 5.69 Å². The molecule has 0 N–H and O–H groups in total. The molecule has 0 amide bonds. The Bertz CT molecular complexity index is 559. The van der Waals surface area contributed by atoms with Crippen molar-refractivity contribution < 1.29 is 4.39 Å². The molecule has 1 heterocycles. The zero-order valence-electron chi connectivity index (χ0n) is 7.95. The third-order valence-electron chi connectivity index (χ3n) is 2.12. The molecule has 0 aliphatic heterocycles. The smallest absolute Gasteiger partial charge is 0.302 e. The standard InChI is InChI=1S/C10H8BrFN2O/c1-13-4-5-14(10(13)15)9-3-2-7(11)6-8(9)12/h2-6H,1H3. The van der Waals surface area contributed by atoms with E-state index in [1.165, 1.54) is 21.4 Å². The molecule has 0 radical (unpaired) electrons. The minimum Gasteiger partial charge on any atom is -0.302 e. The van der Waals surface area contributed by atoms with Gasteiger partial charge in [0.05, 0.1) is 5.69 Å². The number of hydrogen-bond acceptors (Lipinski definition) is 1. The average Bonchev–Trinajstić information content (AvgIpc) is 2.49. The van der Waals surface area contributed by atoms with Crippen molar-refractivity contribution in [2.24, 2.45) is 7.05 Å². The molecular formula is C10H8BrFN2O. The van der Waals surface area contributed by atoms with Gasteiger partial charge < -0.3 is 4.57 Å². The molecule has 0 aliphatic rings. The number of nitrogens with zero attached hydrogens (tertiary/aromatic N) is 2. The van der Waals surface area contributed by atoms with Crippen LogP contribution in [-0.4, -0.2) is 9.13 Å². The lowest BCUT2D eigenvalue weighted by Gasteiger charge is -2.02. The summed E-state index contributed by atoms with van der Waals surface area (Å²) in [5, 5.41) is 0. The van der Waals surface area contributed by atoms with Gasteiger partial charge in [0.1, 0.15) is 5.82 Å². The third-order valence-corrected chi connectivity index (χ3v) is 2.61. The minimum atomic E-state index is -0.433. The van der Waals surface area contributed by atoms with Crippen molar-refractivity contribution in [2.45, 2.75) is 0 Å². The predicted octanol–water partition coefficient (Wildman–Crippen LogP) is 2.08. The average molecular weight is 271 g/mol. The van der Waals surface area contributed by atoms with Crippen molar-refractivity contribution in [3.05, 3.63) is 51.4 Å². The molecule has 0 fully saturated rings. The Morgan fingerprint density at radius 1 is 1.33 bits per heavy atom. The molecule has 1 aromatic heterocycles. The summed E-state index contributed by atoms with van der Waals surface area (Å²) in [6, 6.07) is 4.58. The lowest BCUT2D eigenvalue weighted by Crippen LogP contribution is -2.21. The van der Waals surface area contributed by atoms with E-state index < -0.39 is 5.82 Å². The first-order valence-corrected chi connectivity index (χ1v) is 5.08. The molecule has 0 atom stereocenters. The summed E-state index contributed by atoms with van der Waals surface area (Å²) in [6.45, 7) is 0. The summed E-state index contributed by atoms with van der Waals surface area (Å²) in [5.41, 5.74) is -0.0139. The van der Waals surface area contributed by atoms with Gasteiger partial charge in [-0.25, -0.2) is 9.18 Å². The van der Waals surface area contributed by atoms with E-state index in [1.807, 2.05) is 0 Å². The van der Waals surface area contributed by atoms with E-state index >= 15 is 0 Å². The topological polar surface area (TPSA) is 26.9 Å². The normalized spacial score (nSPS) is 10.6. The van der Waals surface area contributed by atoms with Crippen LogP contribution in [0.25, 0.3) is 5.69 Å². The van der Waals surface area contributed by atoms with Gasteiger partial charge in [-0.15, -0.1) is 0 Å². The molecule has 2 aromatic rings. The van der Waals surface area contributed by atoms with Crippen LogP contribution in [0.15, 0.2) is 39.9 Å². The number of aryl methyl sites for hydroxylation is 1. The Labute approximate surface area is 93.9 Å². The number of halogens is 2. The SMILES string of the molecule is Cn1ccn(-c2ccc(Br)cc2F)c1=O. The van der Waals surface area contributed by atoms with E-state index in [0.717, 1.165) is 0 Å². The highest BCUT2D eigenvalue weighted by Crippen LogP contribution is 2.17. The summed E-state index contributed by atoms with van der Waals surface area (Å²) in [4.78, 5) is 11.6. The van der Waals surface area contributed by atoms with Crippen LogP contribution >= 0.6 is 15.9 Å². The Kier molecular flexibility index (Phi) is 2.48. The summed E-state index contributed by atoms with van der Waals surface area (Å²) in [6.07, 6.45) is 3.12. The maximum absolute atomic E-state index is 13.5. The van der Waals surface area contributed by atoms with Gasteiger partial charge in [0.25, 0.3) is 0 Å². The van der Waals surface area contributed by atoms with Gasteiger partial charge in [-0.3, -0.25) is 4.57 Å². The van der Waals surface area contributed by atoms with E-state index in [2.05, 4.69) is 15.9 Å². The quantitative estimate of drug-likeness (QED) is 0.780. The fourth-order valence-corrected chi connectivity index (χ4v) is 1.66. The number of hydrogen-bond donors (Lipinski definition) is 0. The number of aromatic nitrogens is 2. The predicted molar refractivity (Wildman–Crippen MR) is 58.7 cm³/mol. The zero-order chi connectivity index (χ0) is 11.0. The van der Waals surface area contributed by atoms with Gasteiger partial charge in [0.2, 0.25) is 0 Å². The molecule has 3 nitrogen and oxygen atoms in total. The van der Waals surface area contributed by atoms with Crippen molar-refractivity contribution in [1.82, 2.24) is 9.13 Å². The molecule has 15 heavy (non-hydrogen) atoms. The van der Waals surface area contributed by atoms with E-state index in [-0.39, 0.29) is 11.4 Å². The summed E-state index contributed by atoms with van der Waals surface area (Å²) in [7, 11) is 1.62. The molecule has 0 saturated carbocycles. The summed E-state index contributed by atoms with van der Waals surface area (Å²) >= 11 is 3.16. The molecule has 2 rings (SSSR count). The van der Waals surface area contributed by atoms with E-state index in [1.54, 1.807) is 25.4 Å². The molecular weight excluding hydrogens is 263 g/mol. The minimum absolute atomic E-state index is 0.254. The van der Waals surface area contributed by atoms with Crippen molar-refractivity contribution in [3.63, 3.8) is 0 Å². The van der Waals surface area contributed by atoms with Crippen LogP contribution in [0.2, 0.25) is 0 Å². The Morgan fingerprint density at radius 3 is 2.60 bits per heavy atom. The number of benzene rings is 1. The van der Waals surface area contributed by atoms with Crippen LogP contribution in [-0.2, 0) is 7.05 Å². The molecule has 1 aromatic carbocycles. The Hall–Kier alpha value is -1.36. The zero-order valence-corrected chi connectivity index (χ0v) is 9.53. The van der Waals surface area contributed by atoms with Gasteiger partial charge in [-0.1, -0.05) is 15.9 Å². The van der Waals surface area contributed by atoms with Gasteiger partial charge in [-0.05, 0) is 18.2 Å². The summed E-state index contributed by atoms with van der Waals surface area (Å²) in [5.74, 6) is -0.433. The highest BCUT2D eigenvalue weighted by molar-refractivity contribution is 9.10. The molecule has 0 bridgehead atoms. The second kappa shape index (κ2) is 3.66. The van der Waals surface area contributed by atoms with Crippen LogP contribution in [0.3, 0.4) is 0 Å². The van der Waals surface area contributed by atoms with E-state index in [0.29, 0.717) is 4.47 Å². The van der Waals surface area contributed by atoms with Gasteiger partial charge in [0.15, 0.2) is 0 Å². The fourth-order valence-electron chi connectivity index (χ4n) is 1.32. The van der Waals surface area contributed by atoms with Gasteiger partial charge in [-0.2, -0.15) is 0 Å². The second-order valence-electron chi connectivity index (χ2n) is 3.16. The Balaban J connectivity index is 2.64. The number of rotatable bonds is 1. The van der Waals surface area contributed by atoms with Crippen molar-refractivity contribution in [1.29, 1.82) is 0 Å². The molecule has 0 spiro atoms. The first-order valence-electron chi connectivity index (χ1n) is 4.29. The van der Waals surface area contributed by atoms with Crippen molar-refractivity contribution >= 4 is 15.9 Å². The lowest BCUT2D eigenvalue weighted by molar-refractivity contribution is 0.614. The maximum Gasteiger partial charge on any atom is 0.332 e. The first-order chi connectivity index (χ1) is 7.09.